The minimum Gasteiger partial charge on any atom is -0.496 e. The molecule has 8 nitrogen and oxygen atoms in total. The van der Waals surface area contributed by atoms with Gasteiger partial charge < -0.3 is 10.1 Å². The summed E-state index contributed by atoms with van der Waals surface area (Å²) in [6, 6.07) is 11.3. The molecule has 1 aliphatic heterocycles. The summed E-state index contributed by atoms with van der Waals surface area (Å²) in [5.74, 6) is 0.667. The van der Waals surface area contributed by atoms with Crippen LogP contribution >= 0.6 is 0 Å². The lowest BCUT2D eigenvalue weighted by Crippen LogP contribution is -2.27. The number of nitro benzene ring substituents is 1. The van der Waals surface area contributed by atoms with Crippen molar-refractivity contribution in [1.82, 2.24) is 4.31 Å². The Morgan fingerprint density at radius 1 is 1.19 bits per heavy atom. The van der Waals surface area contributed by atoms with E-state index in [1.165, 1.54) is 16.4 Å². The fourth-order valence-electron chi connectivity index (χ4n) is 3.09. The van der Waals surface area contributed by atoms with E-state index >= 15 is 0 Å². The number of benzene rings is 2. The third-order valence-electron chi connectivity index (χ3n) is 4.53. The van der Waals surface area contributed by atoms with Crippen LogP contribution < -0.4 is 10.1 Å². The smallest absolute Gasteiger partial charge is 0.293 e. The molecule has 0 unspecified atom stereocenters. The molecule has 9 heteroatoms. The largest absolute Gasteiger partial charge is 0.496 e. The van der Waals surface area contributed by atoms with Crippen LogP contribution in [0.5, 0.6) is 5.75 Å². The third kappa shape index (κ3) is 4.04. The first-order chi connectivity index (χ1) is 12.9. The lowest BCUT2D eigenvalue weighted by atomic mass is 10.2. The highest BCUT2D eigenvalue weighted by Gasteiger charge is 2.29. The van der Waals surface area contributed by atoms with Gasteiger partial charge in [-0.05, 0) is 31.0 Å². The molecule has 0 atom stereocenters. The molecule has 0 aliphatic carbocycles. The highest BCUT2D eigenvalue weighted by molar-refractivity contribution is 7.89. The van der Waals surface area contributed by atoms with Crippen LogP contribution in [0.3, 0.4) is 0 Å². The van der Waals surface area contributed by atoms with Crippen molar-refractivity contribution in [3.05, 3.63) is 58.1 Å². The van der Waals surface area contributed by atoms with Gasteiger partial charge >= 0.3 is 0 Å². The number of nitrogens with zero attached hydrogens (tertiary/aromatic N) is 2. The summed E-state index contributed by atoms with van der Waals surface area (Å²) < 4.78 is 31.9. The highest BCUT2D eigenvalue weighted by Crippen LogP contribution is 2.31. The van der Waals surface area contributed by atoms with Crippen LogP contribution in [0.1, 0.15) is 18.4 Å². The fraction of sp³-hybridized carbons (Fsp3) is 0.333. The van der Waals surface area contributed by atoms with E-state index in [9.17, 15) is 18.5 Å². The number of anilines is 1. The van der Waals surface area contributed by atoms with Crippen LogP contribution in [-0.2, 0) is 16.6 Å². The Balaban J connectivity index is 1.87. The Labute approximate surface area is 158 Å². The van der Waals surface area contributed by atoms with Gasteiger partial charge in [0.2, 0.25) is 10.0 Å². The molecule has 2 aromatic carbocycles. The van der Waals surface area contributed by atoms with E-state index in [1.54, 1.807) is 13.2 Å². The number of para-hydroxylation sites is 1. The van der Waals surface area contributed by atoms with E-state index in [0.717, 1.165) is 24.5 Å². The molecule has 144 valence electrons. The highest BCUT2D eigenvalue weighted by atomic mass is 32.2. The SMILES string of the molecule is COc1ccccc1CNc1ccc(S(=O)(=O)N2CCCC2)cc1[N+](=O)[O-]. The van der Waals surface area contributed by atoms with Crippen LogP contribution in [0.2, 0.25) is 0 Å². The number of hydrogen-bond acceptors (Lipinski definition) is 6. The predicted molar refractivity (Wildman–Crippen MR) is 101 cm³/mol. The quantitative estimate of drug-likeness (QED) is 0.575. The summed E-state index contributed by atoms with van der Waals surface area (Å²) >= 11 is 0. The number of ether oxygens (including phenoxy) is 1. The second-order valence-corrected chi connectivity index (χ2v) is 8.15. The van der Waals surface area contributed by atoms with Crippen molar-refractivity contribution in [1.29, 1.82) is 0 Å². The van der Waals surface area contributed by atoms with Gasteiger partial charge in [0.25, 0.3) is 5.69 Å². The minimum atomic E-state index is -3.71. The maximum atomic E-state index is 12.6. The van der Waals surface area contributed by atoms with E-state index in [4.69, 9.17) is 4.74 Å². The van der Waals surface area contributed by atoms with Crippen LogP contribution in [0.25, 0.3) is 0 Å². The van der Waals surface area contributed by atoms with Crippen molar-refractivity contribution < 1.29 is 18.1 Å². The Morgan fingerprint density at radius 3 is 2.56 bits per heavy atom. The van der Waals surface area contributed by atoms with Gasteiger partial charge in [-0.25, -0.2) is 8.42 Å². The molecule has 27 heavy (non-hydrogen) atoms. The topological polar surface area (TPSA) is 102 Å². The number of rotatable bonds is 7. The number of nitrogens with one attached hydrogen (secondary N) is 1. The fourth-order valence-corrected chi connectivity index (χ4v) is 4.63. The van der Waals surface area contributed by atoms with Gasteiger partial charge in [0.05, 0.1) is 16.9 Å². The second-order valence-electron chi connectivity index (χ2n) is 6.21. The molecule has 0 aromatic heterocycles. The van der Waals surface area contributed by atoms with Crippen molar-refractivity contribution in [3.8, 4) is 5.75 Å². The number of sulfonamides is 1. The van der Waals surface area contributed by atoms with E-state index < -0.39 is 14.9 Å². The standard InChI is InChI=1S/C18H21N3O5S/c1-26-18-7-3-2-6-14(18)13-19-16-9-8-15(12-17(16)21(22)23)27(24,25)20-10-4-5-11-20/h2-3,6-9,12,19H,4-5,10-11,13H2,1H3. The number of methoxy groups -OCH3 is 1. The van der Waals surface area contributed by atoms with Crippen molar-refractivity contribution >= 4 is 21.4 Å². The van der Waals surface area contributed by atoms with Gasteiger partial charge in [0.1, 0.15) is 11.4 Å². The lowest BCUT2D eigenvalue weighted by Gasteiger charge is -2.16. The number of hydrogen-bond donors (Lipinski definition) is 1. The maximum absolute atomic E-state index is 12.6. The van der Waals surface area contributed by atoms with Gasteiger partial charge in [-0.2, -0.15) is 4.31 Å². The molecule has 0 bridgehead atoms. The van der Waals surface area contributed by atoms with Gasteiger partial charge in [-0.3, -0.25) is 10.1 Å². The first kappa shape index (κ1) is 19.1. The summed E-state index contributed by atoms with van der Waals surface area (Å²) in [5, 5.41) is 14.5. The van der Waals surface area contributed by atoms with Crippen molar-refractivity contribution in [3.63, 3.8) is 0 Å². The van der Waals surface area contributed by atoms with Crippen molar-refractivity contribution in [2.75, 3.05) is 25.5 Å². The van der Waals surface area contributed by atoms with Gasteiger partial charge in [0.15, 0.2) is 0 Å². The summed E-state index contributed by atoms with van der Waals surface area (Å²) in [6.07, 6.45) is 1.61. The molecule has 2 aromatic rings. The van der Waals surface area contributed by atoms with E-state index in [-0.39, 0.29) is 16.3 Å². The van der Waals surface area contributed by atoms with Gasteiger partial charge in [-0.1, -0.05) is 18.2 Å². The summed E-state index contributed by atoms with van der Waals surface area (Å²) in [6.45, 7) is 1.21. The molecule has 3 rings (SSSR count). The second kappa shape index (κ2) is 7.93. The first-order valence-corrected chi connectivity index (χ1v) is 10.0. The zero-order valence-corrected chi connectivity index (χ0v) is 15.7. The van der Waals surface area contributed by atoms with Gasteiger partial charge in [-0.15, -0.1) is 0 Å². The van der Waals surface area contributed by atoms with E-state index in [1.807, 2.05) is 18.2 Å². The lowest BCUT2D eigenvalue weighted by molar-refractivity contribution is -0.384. The molecule has 1 saturated heterocycles. The Hall–Kier alpha value is -2.65. The average Bonchev–Trinajstić information content (AvgIpc) is 3.22. The molecule has 0 amide bonds. The average molecular weight is 391 g/mol. The third-order valence-corrected chi connectivity index (χ3v) is 6.43. The summed E-state index contributed by atoms with van der Waals surface area (Å²) in [5.41, 5.74) is 0.819. The molecule has 1 fully saturated rings. The first-order valence-electron chi connectivity index (χ1n) is 8.58. The molecular formula is C18H21N3O5S. The maximum Gasteiger partial charge on any atom is 0.293 e. The van der Waals surface area contributed by atoms with Crippen LogP contribution in [0.15, 0.2) is 47.4 Å². The van der Waals surface area contributed by atoms with E-state index in [0.29, 0.717) is 25.4 Å². The summed E-state index contributed by atoms with van der Waals surface area (Å²) in [7, 11) is -2.15. The predicted octanol–water partition coefficient (Wildman–Crippen LogP) is 3.00. The Morgan fingerprint density at radius 2 is 1.89 bits per heavy atom. The zero-order valence-electron chi connectivity index (χ0n) is 14.9. The Kier molecular flexibility index (Phi) is 5.62. The molecular weight excluding hydrogens is 370 g/mol. The Bertz CT molecular complexity index is 940. The summed E-state index contributed by atoms with van der Waals surface area (Å²) in [4.78, 5) is 10.9. The minimum absolute atomic E-state index is 0.0565. The zero-order chi connectivity index (χ0) is 19.4. The van der Waals surface area contributed by atoms with Crippen LogP contribution in [0.4, 0.5) is 11.4 Å². The van der Waals surface area contributed by atoms with Crippen molar-refractivity contribution in [2.24, 2.45) is 0 Å². The van der Waals surface area contributed by atoms with Crippen LogP contribution in [-0.4, -0.2) is 37.8 Å². The normalized spacial score (nSPS) is 14.9. The molecule has 1 heterocycles. The van der Waals surface area contributed by atoms with Crippen LogP contribution in [0, 0.1) is 10.1 Å². The van der Waals surface area contributed by atoms with Crippen molar-refractivity contribution in [2.45, 2.75) is 24.3 Å². The molecule has 0 radical (unpaired) electrons. The van der Waals surface area contributed by atoms with E-state index in [2.05, 4.69) is 5.32 Å². The van der Waals surface area contributed by atoms with Gasteiger partial charge in [0, 0.05) is 31.3 Å². The monoisotopic (exact) mass is 391 g/mol. The molecule has 0 saturated carbocycles. The number of nitro groups is 1. The molecule has 0 spiro atoms. The molecule has 1 N–H and O–H groups in total. The molecule has 1 aliphatic rings.